The van der Waals surface area contributed by atoms with Crippen molar-refractivity contribution >= 4 is 0 Å². The van der Waals surface area contributed by atoms with Gasteiger partial charge < -0.3 is 10.1 Å². The van der Waals surface area contributed by atoms with Gasteiger partial charge in [0.2, 0.25) is 0 Å². The Morgan fingerprint density at radius 1 is 1.11 bits per heavy atom. The Morgan fingerprint density at radius 3 is 2.44 bits per heavy atom. The molecule has 1 N–H and O–H groups in total. The highest BCUT2D eigenvalue weighted by atomic mass is 19.2. The van der Waals surface area contributed by atoms with Gasteiger partial charge in [-0.25, -0.2) is 8.78 Å². The van der Waals surface area contributed by atoms with Gasteiger partial charge in [-0.05, 0) is 44.9 Å². The monoisotopic (exact) mass is 257 g/mol. The van der Waals surface area contributed by atoms with Gasteiger partial charge >= 0.3 is 0 Å². The summed E-state index contributed by atoms with van der Waals surface area (Å²) in [5, 5.41) is 3.30. The summed E-state index contributed by atoms with van der Waals surface area (Å²) in [4.78, 5) is 0. The van der Waals surface area contributed by atoms with E-state index in [1.54, 1.807) is 6.07 Å². The molecule has 0 bridgehead atoms. The van der Waals surface area contributed by atoms with Crippen molar-refractivity contribution in [2.75, 3.05) is 19.8 Å². The van der Waals surface area contributed by atoms with Crippen LogP contribution in [0.1, 0.15) is 26.3 Å². The summed E-state index contributed by atoms with van der Waals surface area (Å²) in [6.45, 7) is 8.18. The molecule has 0 aliphatic rings. The summed E-state index contributed by atoms with van der Waals surface area (Å²) in [5.41, 5.74) is 0.835. The molecule has 0 radical (unpaired) electrons. The highest BCUT2D eigenvalue weighted by molar-refractivity contribution is 5.17. The van der Waals surface area contributed by atoms with Gasteiger partial charge in [0, 0.05) is 12.1 Å². The third kappa shape index (κ3) is 6.07. The highest BCUT2D eigenvalue weighted by Crippen LogP contribution is 2.09. The number of benzene rings is 1. The predicted molar refractivity (Wildman–Crippen MR) is 68.6 cm³/mol. The summed E-state index contributed by atoms with van der Waals surface area (Å²) in [6.07, 6.45) is 0.590. The van der Waals surface area contributed by atoms with Gasteiger partial charge in [-0.1, -0.05) is 6.07 Å². The van der Waals surface area contributed by atoms with Gasteiger partial charge in [0.15, 0.2) is 11.6 Å². The Labute approximate surface area is 107 Å². The zero-order chi connectivity index (χ0) is 13.6. The second-order valence-electron chi connectivity index (χ2n) is 5.29. The Kier molecular flexibility index (Phi) is 5.69. The van der Waals surface area contributed by atoms with E-state index in [9.17, 15) is 8.78 Å². The first-order valence-corrected chi connectivity index (χ1v) is 6.15. The minimum absolute atomic E-state index is 0.0868. The molecule has 0 saturated carbocycles. The molecule has 102 valence electrons. The molecule has 1 rings (SSSR count). The molecule has 0 saturated heterocycles. The standard InChI is InChI=1S/C14H21F2NO/c1-14(2,3)17-7-9-18-8-6-11-4-5-12(15)13(16)10-11/h4-5,10,17H,6-9H2,1-3H3. The quantitative estimate of drug-likeness (QED) is 0.791. The number of nitrogens with one attached hydrogen (secondary N) is 1. The molecule has 18 heavy (non-hydrogen) atoms. The molecule has 2 nitrogen and oxygen atoms in total. The average molecular weight is 257 g/mol. The molecule has 0 fully saturated rings. The molecule has 4 heteroatoms. The Balaban J connectivity index is 2.16. The van der Waals surface area contributed by atoms with Gasteiger partial charge in [-0.15, -0.1) is 0 Å². The van der Waals surface area contributed by atoms with Crippen molar-refractivity contribution in [1.82, 2.24) is 5.32 Å². The van der Waals surface area contributed by atoms with E-state index in [-0.39, 0.29) is 5.54 Å². The van der Waals surface area contributed by atoms with Crippen molar-refractivity contribution in [3.63, 3.8) is 0 Å². The number of halogens is 2. The van der Waals surface area contributed by atoms with E-state index in [0.717, 1.165) is 18.2 Å². The van der Waals surface area contributed by atoms with Crippen LogP contribution in [0.2, 0.25) is 0 Å². The van der Waals surface area contributed by atoms with Gasteiger partial charge in [0.05, 0.1) is 13.2 Å². The summed E-state index contributed by atoms with van der Waals surface area (Å²) >= 11 is 0. The van der Waals surface area contributed by atoms with Crippen LogP contribution < -0.4 is 5.32 Å². The molecule has 0 unspecified atom stereocenters. The topological polar surface area (TPSA) is 21.3 Å². The molecule has 0 atom stereocenters. The zero-order valence-corrected chi connectivity index (χ0v) is 11.2. The maximum atomic E-state index is 12.9. The maximum absolute atomic E-state index is 12.9. The Morgan fingerprint density at radius 2 is 1.83 bits per heavy atom. The summed E-state index contributed by atoms with van der Waals surface area (Å²) in [5.74, 6) is -1.61. The summed E-state index contributed by atoms with van der Waals surface area (Å²) in [6, 6.07) is 3.94. The van der Waals surface area contributed by atoms with E-state index in [0.29, 0.717) is 19.6 Å². The SMILES string of the molecule is CC(C)(C)NCCOCCc1ccc(F)c(F)c1. The molecule has 0 heterocycles. The second kappa shape index (κ2) is 6.81. The lowest BCUT2D eigenvalue weighted by Crippen LogP contribution is -2.38. The second-order valence-corrected chi connectivity index (χ2v) is 5.29. The van der Waals surface area contributed by atoms with Crippen molar-refractivity contribution in [2.24, 2.45) is 0 Å². The highest BCUT2D eigenvalue weighted by Gasteiger charge is 2.07. The van der Waals surface area contributed by atoms with Crippen LogP contribution >= 0.6 is 0 Å². The van der Waals surface area contributed by atoms with Gasteiger partial charge in [0.25, 0.3) is 0 Å². The average Bonchev–Trinajstić information content (AvgIpc) is 2.26. The molecule has 0 aliphatic carbocycles. The first kappa shape index (κ1) is 15.1. The fourth-order valence-corrected chi connectivity index (χ4v) is 1.49. The lowest BCUT2D eigenvalue weighted by molar-refractivity contribution is 0.133. The Hall–Kier alpha value is -1.00. The van der Waals surface area contributed by atoms with E-state index in [4.69, 9.17) is 4.74 Å². The first-order chi connectivity index (χ1) is 8.38. The molecule has 0 amide bonds. The molecular weight excluding hydrogens is 236 g/mol. The lowest BCUT2D eigenvalue weighted by Gasteiger charge is -2.20. The summed E-state index contributed by atoms with van der Waals surface area (Å²) in [7, 11) is 0. The number of hydrogen-bond donors (Lipinski definition) is 1. The normalized spacial score (nSPS) is 11.8. The van der Waals surface area contributed by atoms with Crippen molar-refractivity contribution in [3.05, 3.63) is 35.4 Å². The van der Waals surface area contributed by atoms with Crippen LogP contribution in [0.5, 0.6) is 0 Å². The van der Waals surface area contributed by atoms with Crippen LogP contribution in [-0.2, 0) is 11.2 Å². The fourth-order valence-electron chi connectivity index (χ4n) is 1.49. The summed E-state index contributed by atoms with van der Waals surface area (Å²) < 4.78 is 31.0. The van der Waals surface area contributed by atoms with Gasteiger partial charge in [0.1, 0.15) is 0 Å². The van der Waals surface area contributed by atoms with Crippen LogP contribution in [0.15, 0.2) is 18.2 Å². The molecule has 0 aromatic heterocycles. The van der Waals surface area contributed by atoms with E-state index in [2.05, 4.69) is 26.1 Å². The first-order valence-electron chi connectivity index (χ1n) is 6.15. The van der Waals surface area contributed by atoms with Crippen LogP contribution in [0.25, 0.3) is 0 Å². The predicted octanol–water partition coefficient (Wildman–Crippen LogP) is 2.91. The van der Waals surface area contributed by atoms with E-state index in [1.807, 2.05) is 0 Å². The van der Waals surface area contributed by atoms with Gasteiger partial charge in [-0.3, -0.25) is 0 Å². The molecule has 1 aromatic carbocycles. The third-order valence-electron chi connectivity index (χ3n) is 2.42. The van der Waals surface area contributed by atoms with Crippen molar-refractivity contribution < 1.29 is 13.5 Å². The molecule has 1 aromatic rings. The maximum Gasteiger partial charge on any atom is 0.159 e. The van der Waals surface area contributed by atoms with Crippen LogP contribution in [0.4, 0.5) is 8.78 Å². The number of hydrogen-bond acceptors (Lipinski definition) is 2. The lowest BCUT2D eigenvalue weighted by atomic mass is 10.1. The zero-order valence-electron chi connectivity index (χ0n) is 11.2. The van der Waals surface area contributed by atoms with Crippen LogP contribution in [-0.4, -0.2) is 25.3 Å². The van der Waals surface area contributed by atoms with Crippen LogP contribution in [0, 0.1) is 11.6 Å². The van der Waals surface area contributed by atoms with E-state index in [1.165, 1.54) is 6.07 Å². The minimum Gasteiger partial charge on any atom is -0.380 e. The van der Waals surface area contributed by atoms with E-state index >= 15 is 0 Å². The minimum atomic E-state index is -0.811. The fraction of sp³-hybridized carbons (Fsp3) is 0.571. The van der Waals surface area contributed by atoms with Crippen molar-refractivity contribution in [2.45, 2.75) is 32.7 Å². The third-order valence-corrected chi connectivity index (χ3v) is 2.42. The smallest absolute Gasteiger partial charge is 0.159 e. The number of rotatable bonds is 6. The van der Waals surface area contributed by atoms with E-state index < -0.39 is 11.6 Å². The van der Waals surface area contributed by atoms with Crippen LogP contribution in [0.3, 0.4) is 0 Å². The number of ether oxygens (including phenoxy) is 1. The molecule has 0 aliphatic heterocycles. The van der Waals surface area contributed by atoms with Gasteiger partial charge in [-0.2, -0.15) is 0 Å². The molecular formula is C14H21F2NO. The van der Waals surface area contributed by atoms with Crippen molar-refractivity contribution in [3.8, 4) is 0 Å². The Bertz CT molecular complexity index is 375. The molecule has 0 spiro atoms. The van der Waals surface area contributed by atoms with Crippen molar-refractivity contribution in [1.29, 1.82) is 0 Å². The largest absolute Gasteiger partial charge is 0.380 e.